The average molecular weight is 771 g/mol. The molecule has 0 unspecified atom stereocenters. The molecule has 0 saturated heterocycles. The van der Waals surface area contributed by atoms with Crippen molar-refractivity contribution in [1.82, 2.24) is 0 Å². The van der Waals surface area contributed by atoms with Crippen LogP contribution >= 0.6 is 141 Å². The summed E-state index contributed by atoms with van der Waals surface area (Å²) in [5.41, 5.74) is 2.04. The third kappa shape index (κ3) is 9.51. The zero-order valence-electron chi connectivity index (χ0n) is 23.2. The molecule has 0 aliphatic carbocycles. The molecule has 0 spiro atoms. The molecule has 0 saturated carbocycles. The van der Waals surface area contributed by atoms with E-state index < -0.39 is 0 Å². The summed E-state index contributed by atoms with van der Waals surface area (Å²) in [6.45, 7) is 8.91. The Labute approximate surface area is 302 Å². The molecule has 4 aliphatic rings. The fourth-order valence-corrected chi connectivity index (χ4v) is 19.4. The van der Waals surface area contributed by atoms with E-state index in [1.165, 1.54) is 33.9 Å². The SMILES string of the molecule is CCSC1=C(SCC)SC(=C2SC=C(C#Cc3ccc(C#CC4=CSC(=C5SC(SCC)=C(SCC)S5)S4)cc3)S2)S1. The maximum Gasteiger partial charge on any atom is 0.0717 e. The molecule has 4 aliphatic heterocycles. The van der Waals surface area contributed by atoms with Crippen molar-refractivity contribution in [3.63, 3.8) is 0 Å². The van der Waals surface area contributed by atoms with Gasteiger partial charge in [-0.25, -0.2) is 0 Å². The first-order chi connectivity index (χ1) is 20.6. The van der Waals surface area contributed by atoms with E-state index in [1.54, 1.807) is 23.5 Å². The summed E-state index contributed by atoms with van der Waals surface area (Å²) in [5.74, 6) is 17.9. The lowest BCUT2D eigenvalue weighted by molar-refractivity contribution is 1.53. The second-order valence-electron chi connectivity index (χ2n) is 7.92. The lowest BCUT2D eigenvalue weighted by atomic mass is 10.1. The Kier molecular flexibility index (Phi) is 14.5. The van der Waals surface area contributed by atoms with Crippen LogP contribution in [0, 0.1) is 23.7 Å². The van der Waals surface area contributed by atoms with Gasteiger partial charge >= 0.3 is 0 Å². The first-order valence-corrected chi connectivity index (χ1v) is 23.6. The fraction of sp³-hybridized carbons (Fsp3) is 0.267. The number of hydrogen-bond donors (Lipinski definition) is 0. The van der Waals surface area contributed by atoms with Crippen molar-refractivity contribution in [3.8, 4) is 23.7 Å². The van der Waals surface area contributed by atoms with Gasteiger partial charge in [-0.2, -0.15) is 0 Å². The van der Waals surface area contributed by atoms with Gasteiger partial charge in [0, 0.05) is 11.1 Å². The summed E-state index contributed by atoms with van der Waals surface area (Å²) in [7, 11) is 0. The van der Waals surface area contributed by atoms with Gasteiger partial charge in [0.1, 0.15) is 0 Å². The zero-order valence-corrected chi connectivity index (χ0v) is 33.0. The number of allylic oxidation sites excluding steroid dienone is 2. The first-order valence-electron chi connectivity index (χ1n) is 13.0. The van der Waals surface area contributed by atoms with E-state index in [0.29, 0.717) is 0 Å². The Bertz CT molecular complexity index is 1360. The van der Waals surface area contributed by atoms with Gasteiger partial charge in [0.2, 0.25) is 0 Å². The van der Waals surface area contributed by atoms with Crippen LogP contribution in [0.15, 0.2) is 78.8 Å². The van der Waals surface area contributed by atoms with E-state index >= 15 is 0 Å². The molecule has 42 heavy (non-hydrogen) atoms. The van der Waals surface area contributed by atoms with Gasteiger partial charge in [-0.3, -0.25) is 0 Å². The van der Waals surface area contributed by atoms with Gasteiger partial charge in [-0.05, 0) is 58.1 Å². The largest absolute Gasteiger partial charge is 0.118 e. The Morgan fingerprint density at radius 1 is 0.452 bits per heavy atom. The van der Waals surface area contributed by atoms with Crippen LogP contribution in [0.4, 0.5) is 0 Å². The minimum absolute atomic E-state index is 1.02. The summed E-state index contributed by atoms with van der Waals surface area (Å²) >= 11 is 22.8. The molecule has 0 fully saturated rings. The van der Waals surface area contributed by atoms with Crippen LogP contribution in [0.2, 0.25) is 0 Å². The Hall–Kier alpha value is 0.980. The number of rotatable bonds is 8. The molecule has 12 heteroatoms. The second-order valence-corrected chi connectivity index (χ2v) is 23.0. The third-order valence-corrected chi connectivity index (χ3v) is 21.2. The molecule has 0 atom stereocenters. The van der Waals surface area contributed by atoms with Crippen molar-refractivity contribution >= 4 is 141 Å². The molecule has 0 amide bonds. The second kappa shape index (κ2) is 17.8. The van der Waals surface area contributed by atoms with Crippen LogP contribution < -0.4 is 0 Å². The molecule has 1 aromatic carbocycles. The molecule has 0 bridgehead atoms. The smallest absolute Gasteiger partial charge is 0.0717 e. The predicted octanol–water partition coefficient (Wildman–Crippen LogP) is 13.5. The van der Waals surface area contributed by atoms with Crippen molar-refractivity contribution in [2.45, 2.75) is 27.7 Å². The Morgan fingerprint density at radius 3 is 1.10 bits per heavy atom. The summed E-state index contributed by atoms with van der Waals surface area (Å²) in [6.07, 6.45) is 0. The summed E-state index contributed by atoms with van der Waals surface area (Å²) in [4.78, 5) is 2.24. The third-order valence-electron chi connectivity index (χ3n) is 5.01. The highest BCUT2D eigenvalue weighted by molar-refractivity contribution is 8.43. The zero-order chi connectivity index (χ0) is 29.3. The van der Waals surface area contributed by atoms with Crippen LogP contribution in [0.25, 0.3) is 0 Å². The van der Waals surface area contributed by atoms with Crippen molar-refractivity contribution in [3.05, 3.63) is 89.9 Å². The van der Waals surface area contributed by atoms with E-state index in [1.807, 2.05) is 118 Å². The number of benzene rings is 1. The van der Waals surface area contributed by atoms with Gasteiger partial charge in [0.05, 0.1) is 43.7 Å². The van der Waals surface area contributed by atoms with Gasteiger partial charge in [-0.15, -0.1) is 47.0 Å². The van der Waals surface area contributed by atoms with Crippen molar-refractivity contribution < 1.29 is 0 Å². The highest BCUT2D eigenvalue weighted by atomic mass is 32.3. The Morgan fingerprint density at radius 2 is 0.786 bits per heavy atom. The highest BCUT2D eigenvalue weighted by Gasteiger charge is 2.28. The predicted molar refractivity (Wildman–Crippen MR) is 218 cm³/mol. The topological polar surface area (TPSA) is 0 Å². The quantitative estimate of drug-likeness (QED) is 0.231. The van der Waals surface area contributed by atoms with Crippen LogP contribution in [-0.2, 0) is 0 Å². The molecular weight excluding hydrogens is 745 g/mol. The average Bonchev–Trinajstić information content (AvgIpc) is 3.80. The molecule has 1 aromatic rings. The van der Waals surface area contributed by atoms with Crippen molar-refractivity contribution in [1.29, 1.82) is 0 Å². The molecule has 0 N–H and O–H groups in total. The monoisotopic (exact) mass is 770 g/mol. The lowest BCUT2D eigenvalue weighted by Crippen LogP contribution is -1.78. The lowest BCUT2D eigenvalue weighted by Gasteiger charge is -2.01. The fourth-order valence-electron chi connectivity index (χ4n) is 3.29. The number of thioether (sulfide) groups is 12. The van der Waals surface area contributed by atoms with Crippen LogP contribution in [0.1, 0.15) is 38.8 Å². The standard InChI is InChI=1S/C30H26S12/c1-5-31-23-24(32-6-2)40-29(39-23)27-35-17-21(37-27)15-13-19-9-11-20(12-10-19)14-16-22-18-36-28(38-22)30-41-25(33-7-3)26(42-30)34-8-4/h9-12,17-18H,5-8H2,1-4H3. The van der Waals surface area contributed by atoms with E-state index in [0.717, 1.165) is 43.9 Å². The molecule has 0 radical (unpaired) electrons. The summed E-state index contributed by atoms with van der Waals surface area (Å²) in [6, 6.07) is 8.31. The minimum Gasteiger partial charge on any atom is -0.118 e. The highest BCUT2D eigenvalue weighted by Crippen LogP contribution is 2.63. The van der Waals surface area contributed by atoms with Crippen LogP contribution in [0.5, 0.6) is 0 Å². The molecule has 0 aromatic heterocycles. The minimum atomic E-state index is 1.02. The summed E-state index contributed by atoms with van der Waals surface area (Å²) in [5, 5.41) is 4.39. The molecule has 4 heterocycles. The molecule has 218 valence electrons. The van der Waals surface area contributed by atoms with E-state index in [-0.39, 0.29) is 0 Å². The van der Waals surface area contributed by atoms with Crippen LogP contribution in [0.3, 0.4) is 0 Å². The normalized spacial score (nSPS) is 18.5. The first kappa shape index (κ1) is 34.3. The molecule has 5 rings (SSSR count). The van der Waals surface area contributed by atoms with Gasteiger partial charge < -0.3 is 0 Å². The van der Waals surface area contributed by atoms with E-state index in [2.05, 4.69) is 86.5 Å². The maximum atomic E-state index is 3.38. The summed E-state index contributed by atoms with van der Waals surface area (Å²) < 4.78 is 11.4. The number of hydrogen-bond acceptors (Lipinski definition) is 12. The van der Waals surface area contributed by atoms with E-state index in [9.17, 15) is 0 Å². The van der Waals surface area contributed by atoms with Crippen molar-refractivity contribution in [2.75, 3.05) is 23.0 Å². The van der Waals surface area contributed by atoms with Crippen molar-refractivity contribution in [2.24, 2.45) is 0 Å². The molecule has 0 nitrogen and oxygen atoms in total. The van der Waals surface area contributed by atoms with Crippen LogP contribution in [-0.4, -0.2) is 23.0 Å². The van der Waals surface area contributed by atoms with E-state index in [4.69, 9.17) is 0 Å². The maximum absolute atomic E-state index is 3.38. The van der Waals surface area contributed by atoms with Gasteiger partial charge in [0.25, 0.3) is 0 Å². The Balaban J connectivity index is 1.14. The van der Waals surface area contributed by atoms with Gasteiger partial charge in [-0.1, -0.05) is 145 Å². The molecular formula is C30H26S12. The van der Waals surface area contributed by atoms with Gasteiger partial charge in [0.15, 0.2) is 0 Å².